The Hall–Kier alpha value is -3.66. The number of carboxylic acids is 2. The maximum atomic E-state index is 11.2. The van der Waals surface area contributed by atoms with Gasteiger partial charge in [-0.15, -0.1) is 5.10 Å². The molecular formula is C17H13ClN4O6. The van der Waals surface area contributed by atoms with E-state index in [0.717, 1.165) is 6.21 Å². The molecule has 28 heavy (non-hydrogen) atoms. The van der Waals surface area contributed by atoms with E-state index < -0.39 is 18.5 Å². The van der Waals surface area contributed by atoms with Crippen LogP contribution in [-0.4, -0.2) is 54.8 Å². The molecule has 0 aliphatic carbocycles. The number of hydrogen-bond donors (Lipinski definition) is 3. The average Bonchev–Trinajstić information content (AvgIpc) is 3.04. The van der Waals surface area contributed by atoms with Gasteiger partial charge < -0.3 is 20.2 Å². The molecule has 0 saturated heterocycles. The highest BCUT2D eigenvalue weighted by Gasteiger charge is 2.16. The zero-order chi connectivity index (χ0) is 20.4. The Morgan fingerprint density at radius 1 is 1.36 bits per heavy atom. The number of rotatable bonds is 6. The van der Waals surface area contributed by atoms with Crippen LogP contribution >= 0.6 is 11.6 Å². The topological polar surface area (TPSA) is 147 Å². The van der Waals surface area contributed by atoms with Crippen LogP contribution in [0.1, 0.15) is 21.6 Å². The molecule has 144 valence electrons. The SMILES string of the molecule is Cc1nc2nn(-c3cc(C(=O)O)ccc3Cl)cc2c(C=NOCC(=O)O)c1O. The molecular weight excluding hydrogens is 392 g/mol. The first-order valence-corrected chi connectivity index (χ1v) is 8.15. The molecule has 0 aliphatic heterocycles. The molecule has 11 heteroatoms. The first kappa shape index (κ1) is 19.1. The van der Waals surface area contributed by atoms with Crippen molar-refractivity contribution in [1.82, 2.24) is 14.8 Å². The van der Waals surface area contributed by atoms with Crippen LogP contribution in [0.25, 0.3) is 16.7 Å². The number of fused-ring (bicyclic) bond motifs is 1. The minimum Gasteiger partial charge on any atom is -0.505 e. The number of aromatic hydroxyl groups is 1. The molecule has 0 unspecified atom stereocenters. The molecule has 3 rings (SSSR count). The number of halogens is 1. The summed E-state index contributed by atoms with van der Waals surface area (Å²) >= 11 is 6.17. The highest BCUT2D eigenvalue weighted by Crippen LogP contribution is 2.29. The second-order valence-electron chi connectivity index (χ2n) is 5.64. The van der Waals surface area contributed by atoms with Gasteiger partial charge in [0.1, 0.15) is 5.75 Å². The lowest BCUT2D eigenvalue weighted by Gasteiger charge is -2.05. The number of aryl methyl sites for hydroxylation is 1. The van der Waals surface area contributed by atoms with Gasteiger partial charge in [0, 0.05) is 6.20 Å². The van der Waals surface area contributed by atoms with Crippen molar-refractivity contribution in [2.24, 2.45) is 5.16 Å². The molecule has 2 heterocycles. The fourth-order valence-electron chi connectivity index (χ4n) is 2.43. The smallest absolute Gasteiger partial charge is 0.344 e. The summed E-state index contributed by atoms with van der Waals surface area (Å²) in [6, 6.07) is 4.15. The van der Waals surface area contributed by atoms with E-state index >= 15 is 0 Å². The number of carbonyl (C=O) groups is 2. The van der Waals surface area contributed by atoms with Crippen molar-refractivity contribution in [3.05, 3.63) is 46.2 Å². The molecule has 0 aliphatic rings. The third-order valence-corrected chi connectivity index (χ3v) is 4.06. The maximum Gasteiger partial charge on any atom is 0.344 e. The van der Waals surface area contributed by atoms with Crippen molar-refractivity contribution < 1.29 is 29.7 Å². The zero-order valence-electron chi connectivity index (χ0n) is 14.3. The van der Waals surface area contributed by atoms with Crippen molar-refractivity contribution in [2.45, 2.75) is 6.92 Å². The molecule has 0 fully saturated rings. The van der Waals surface area contributed by atoms with Gasteiger partial charge in [-0.3, -0.25) is 0 Å². The van der Waals surface area contributed by atoms with Crippen LogP contribution in [0.3, 0.4) is 0 Å². The first-order valence-electron chi connectivity index (χ1n) is 7.77. The van der Waals surface area contributed by atoms with Gasteiger partial charge in [-0.25, -0.2) is 19.3 Å². The van der Waals surface area contributed by atoms with Gasteiger partial charge in [0.05, 0.1) is 39.1 Å². The maximum absolute atomic E-state index is 11.2. The molecule has 0 radical (unpaired) electrons. The van der Waals surface area contributed by atoms with Gasteiger partial charge in [-0.05, 0) is 25.1 Å². The normalized spacial score (nSPS) is 11.2. The monoisotopic (exact) mass is 404 g/mol. The molecule has 0 atom stereocenters. The van der Waals surface area contributed by atoms with Gasteiger partial charge in [-0.1, -0.05) is 16.8 Å². The number of aromatic carboxylic acids is 1. The van der Waals surface area contributed by atoms with E-state index in [4.69, 9.17) is 16.7 Å². The summed E-state index contributed by atoms with van der Waals surface area (Å²) in [5, 5.41) is 36.5. The van der Waals surface area contributed by atoms with Crippen molar-refractivity contribution in [3.8, 4) is 11.4 Å². The number of hydrogen-bond acceptors (Lipinski definition) is 7. The Bertz CT molecular complexity index is 1120. The summed E-state index contributed by atoms with van der Waals surface area (Å²) in [6.45, 7) is 0.919. The summed E-state index contributed by atoms with van der Waals surface area (Å²) in [6.07, 6.45) is 2.64. The molecule has 0 spiro atoms. The first-order chi connectivity index (χ1) is 13.3. The number of oxime groups is 1. The highest BCUT2D eigenvalue weighted by atomic mass is 35.5. The second kappa shape index (κ2) is 7.53. The molecule has 1 aromatic carbocycles. The molecule has 10 nitrogen and oxygen atoms in total. The Morgan fingerprint density at radius 3 is 2.79 bits per heavy atom. The molecule has 3 N–H and O–H groups in total. The van der Waals surface area contributed by atoms with E-state index in [9.17, 15) is 19.8 Å². The minimum absolute atomic E-state index is 0.0230. The van der Waals surface area contributed by atoms with Crippen LogP contribution in [-0.2, 0) is 9.63 Å². The standard InChI is InChI=1S/C17H13ClN4O6/c1-8-15(25)10(5-19-28-7-14(23)24)11-6-22(21-16(11)20-8)13-4-9(17(26)27)2-3-12(13)18/h2-6,25H,7H2,1H3,(H,23,24)(H,26,27). The fourth-order valence-corrected chi connectivity index (χ4v) is 2.63. The van der Waals surface area contributed by atoms with Crippen molar-refractivity contribution in [1.29, 1.82) is 0 Å². The van der Waals surface area contributed by atoms with E-state index in [-0.39, 0.29) is 33.2 Å². The predicted octanol–water partition coefficient (Wildman–Crippen LogP) is 2.22. The van der Waals surface area contributed by atoms with Crippen molar-refractivity contribution >= 4 is 40.8 Å². The van der Waals surface area contributed by atoms with Gasteiger partial charge in [-0.2, -0.15) is 0 Å². The van der Waals surface area contributed by atoms with Crippen LogP contribution in [0.2, 0.25) is 5.02 Å². The number of aromatic nitrogens is 3. The van der Waals surface area contributed by atoms with E-state index in [1.807, 2.05) is 0 Å². The largest absolute Gasteiger partial charge is 0.505 e. The van der Waals surface area contributed by atoms with E-state index in [2.05, 4.69) is 20.1 Å². The fraction of sp³-hybridized carbons (Fsp3) is 0.118. The zero-order valence-corrected chi connectivity index (χ0v) is 15.1. The summed E-state index contributed by atoms with van der Waals surface area (Å²) in [7, 11) is 0. The van der Waals surface area contributed by atoms with Gasteiger partial charge in [0.15, 0.2) is 5.65 Å². The third-order valence-electron chi connectivity index (χ3n) is 3.74. The molecule has 2 aromatic heterocycles. The molecule has 3 aromatic rings. The average molecular weight is 405 g/mol. The van der Waals surface area contributed by atoms with Gasteiger partial charge >= 0.3 is 11.9 Å². The number of nitrogens with zero attached hydrogens (tertiary/aromatic N) is 4. The van der Waals surface area contributed by atoms with E-state index in [1.165, 1.54) is 29.1 Å². The Morgan fingerprint density at radius 2 is 2.11 bits per heavy atom. The van der Waals surface area contributed by atoms with Gasteiger partial charge in [0.25, 0.3) is 0 Å². The van der Waals surface area contributed by atoms with Gasteiger partial charge in [0.2, 0.25) is 6.61 Å². The lowest BCUT2D eigenvalue weighted by Crippen LogP contribution is -2.03. The number of carboxylic acid groups (broad SMARTS) is 2. The Balaban J connectivity index is 2.11. The lowest BCUT2D eigenvalue weighted by molar-refractivity contribution is -0.142. The molecule has 0 saturated carbocycles. The third kappa shape index (κ3) is 3.71. The van der Waals surface area contributed by atoms with Crippen LogP contribution < -0.4 is 0 Å². The summed E-state index contributed by atoms with van der Waals surface area (Å²) < 4.78 is 1.33. The van der Waals surface area contributed by atoms with Crippen LogP contribution in [0.5, 0.6) is 5.75 Å². The van der Waals surface area contributed by atoms with E-state index in [0.29, 0.717) is 11.1 Å². The van der Waals surface area contributed by atoms with Crippen LogP contribution in [0, 0.1) is 6.92 Å². The number of pyridine rings is 1. The molecule has 0 bridgehead atoms. The Labute approximate surface area is 162 Å². The second-order valence-corrected chi connectivity index (χ2v) is 6.05. The number of aliphatic carboxylic acids is 1. The Kier molecular flexibility index (Phi) is 5.14. The summed E-state index contributed by atoms with van der Waals surface area (Å²) in [4.78, 5) is 30.5. The lowest BCUT2D eigenvalue weighted by atomic mass is 10.1. The number of benzene rings is 1. The van der Waals surface area contributed by atoms with Crippen molar-refractivity contribution in [2.75, 3.05) is 6.61 Å². The molecule has 0 amide bonds. The van der Waals surface area contributed by atoms with Crippen LogP contribution in [0.15, 0.2) is 29.6 Å². The quantitative estimate of drug-likeness (QED) is 0.418. The summed E-state index contributed by atoms with van der Waals surface area (Å²) in [5.41, 5.74) is 1.05. The predicted molar refractivity (Wildman–Crippen MR) is 98.4 cm³/mol. The van der Waals surface area contributed by atoms with E-state index in [1.54, 1.807) is 6.92 Å². The van der Waals surface area contributed by atoms with Crippen molar-refractivity contribution in [3.63, 3.8) is 0 Å². The minimum atomic E-state index is -1.20. The highest BCUT2D eigenvalue weighted by molar-refractivity contribution is 6.32. The summed E-state index contributed by atoms with van der Waals surface area (Å²) in [5.74, 6) is -2.50. The van der Waals surface area contributed by atoms with Crippen LogP contribution in [0.4, 0.5) is 0 Å².